The molecule has 2 aromatic carbocycles. The number of carbonyl (C=O) groups is 2. The maximum absolute atomic E-state index is 11.5. The predicted molar refractivity (Wildman–Crippen MR) is 75.8 cm³/mol. The summed E-state index contributed by atoms with van der Waals surface area (Å²) < 4.78 is 9.93. The number of ether oxygens (including phenoxy) is 2. The fraction of sp³-hybridized carbons (Fsp3) is 0.250. The summed E-state index contributed by atoms with van der Waals surface area (Å²) in [5, 5.41) is 1.78. The highest BCUT2D eigenvalue weighted by Gasteiger charge is 2.11. The Balaban J connectivity index is 2.32. The number of fused-ring (bicyclic) bond motifs is 1. The van der Waals surface area contributed by atoms with Crippen molar-refractivity contribution in [3.63, 3.8) is 0 Å². The standard InChI is InChI=1S/C16H16O4/c1-10(2)15(17)20-14-7-6-11-8-13(16(18)19-3)5-4-12(11)9-14/h4-10H,1-3H3. The lowest BCUT2D eigenvalue weighted by atomic mass is 10.1. The molecule has 0 aliphatic carbocycles. The molecule has 0 atom stereocenters. The van der Waals surface area contributed by atoms with E-state index in [1.54, 1.807) is 44.2 Å². The fourth-order valence-corrected chi connectivity index (χ4v) is 1.77. The van der Waals surface area contributed by atoms with Crippen LogP contribution in [0, 0.1) is 5.92 Å². The Labute approximate surface area is 117 Å². The second-order valence-electron chi connectivity index (χ2n) is 4.79. The van der Waals surface area contributed by atoms with E-state index < -0.39 is 0 Å². The van der Waals surface area contributed by atoms with Crippen LogP contribution in [0.2, 0.25) is 0 Å². The van der Waals surface area contributed by atoms with E-state index in [9.17, 15) is 9.59 Å². The Morgan fingerprint density at radius 2 is 1.65 bits per heavy atom. The van der Waals surface area contributed by atoms with Crippen LogP contribution in [-0.2, 0) is 9.53 Å². The van der Waals surface area contributed by atoms with Gasteiger partial charge < -0.3 is 9.47 Å². The minimum Gasteiger partial charge on any atom is -0.465 e. The van der Waals surface area contributed by atoms with E-state index in [0.717, 1.165) is 10.8 Å². The van der Waals surface area contributed by atoms with Crippen LogP contribution in [0.25, 0.3) is 10.8 Å². The van der Waals surface area contributed by atoms with Gasteiger partial charge in [0.15, 0.2) is 0 Å². The molecular weight excluding hydrogens is 256 g/mol. The second kappa shape index (κ2) is 5.74. The summed E-state index contributed by atoms with van der Waals surface area (Å²) in [4.78, 5) is 23.0. The third-order valence-corrected chi connectivity index (χ3v) is 2.92. The second-order valence-corrected chi connectivity index (χ2v) is 4.79. The van der Waals surface area contributed by atoms with Gasteiger partial charge in [-0.1, -0.05) is 26.0 Å². The lowest BCUT2D eigenvalue weighted by molar-refractivity contribution is -0.137. The molecule has 0 N–H and O–H groups in total. The van der Waals surface area contributed by atoms with Crippen LogP contribution >= 0.6 is 0 Å². The van der Waals surface area contributed by atoms with E-state index in [1.165, 1.54) is 7.11 Å². The zero-order valence-corrected chi connectivity index (χ0v) is 11.7. The average molecular weight is 272 g/mol. The SMILES string of the molecule is COC(=O)c1ccc2cc(OC(=O)C(C)C)ccc2c1. The zero-order chi connectivity index (χ0) is 14.7. The summed E-state index contributed by atoms with van der Waals surface area (Å²) in [7, 11) is 1.35. The fourth-order valence-electron chi connectivity index (χ4n) is 1.77. The van der Waals surface area contributed by atoms with E-state index in [-0.39, 0.29) is 17.9 Å². The van der Waals surface area contributed by atoms with Crippen LogP contribution in [0.5, 0.6) is 5.75 Å². The molecule has 0 aliphatic heterocycles. The number of esters is 2. The Kier molecular flexibility index (Phi) is 4.03. The van der Waals surface area contributed by atoms with Crippen molar-refractivity contribution in [1.29, 1.82) is 0 Å². The predicted octanol–water partition coefficient (Wildman–Crippen LogP) is 3.19. The molecule has 0 saturated carbocycles. The Morgan fingerprint density at radius 1 is 1.00 bits per heavy atom. The van der Waals surface area contributed by atoms with Gasteiger partial charge in [-0.25, -0.2) is 4.79 Å². The highest BCUT2D eigenvalue weighted by molar-refractivity contribution is 5.95. The van der Waals surface area contributed by atoms with Gasteiger partial charge in [-0.3, -0.25) is 4.79 Å². The summed E-state index contributed by atoms with van der Waals surface area (Å²) in [5.74, 6) is -0.313. The number of hydrogen-bond donors (Lipinski definition) is 0. The van der Waals surface area contributed by atoms with Crippen molar-refractivity contribution < 1.29 is 19.1 Å². The molecule has 0 fully saturated rings. The van der Waals surface area contributed by atoms with E-state index in [4.69, 9.17) is 4.74 Å². The largest absolute Gasteiger partial charge is 0.465 e. The first kappa shape index (κ1) is 14.1. The van der Waals surface area contributed by atoms with E-state index in [1.807, 2.05) is 6.07 Å². The Morgan fingerprint density at radius 3 is 2.30 bits per heavy atom. The normalized spacial score (nSPS) is 10.6. The lowest BCUT2D eigenvalue weighted by Crippen LogP contribution is -2.14. The van der Waals surface area contributed by atoms with Crippen LogP contribution in [0.4, 0.5) is 0 Å². The Bertz CT molecular complexity index is 659. The minimum absolute atomic E-state index is 0.174. The van der Waals surface area contributed by atoms with Gasteiger partial charge in [0, 0.05) is 0 Å². The third kappa shape index (κ3) is 2.96. The maximum Gasteiger partial charge on any atom is 0.337 e. The molecule has 0 bridgehead atoms. The third-order valence-electron chi connectivity index (χ3n) is 2.92. The van der Waals surface area contributed by atoms with Crippen molar-refractivity contribution in [2.45, 2.75) is 13.8 Å². The first-order valence-corrected chi connectivity index (χ1v) is 6.35. The molecule has 104 valence electrons. The van der Waals surface area contributed by atoms with Crippen molar-refractivity contribution in [2.24, 2.45) is 5.92 Å². The van der Waals surface area contributed by atoms with Gasteiger partial charge in [0.1, 0.15) is 5.75 Å². The molecule has 20 heavy (non-hydrogen) atoms. The molecule has 4 heteroatoms. The summed E-state index contributed by atoms with van der Waals surface area (Å²) in [6.45, 7) is 3.57. The van der Waals surface area contributed by atoms with Crippen LogP contribution in [0.3, 0.4) is 0 Å². The first-order valence-electron chi connectivity index (χ1n) is 6.35. The topological polar surface area (TPSA) is 52.6 Å². The van der Waals surface area contributed by atoms with Crippen LogP contribution < -0.4 is 4.74 Å². The molecule has 0 aromatic heterocycles. The highest BCUT2D eigenvalue weighted by atomic mass is 16.5. The number of carbonyl (C=O) groups excluding carboxylic acids is 2. The molecule has 0 unspecified atom stereocenters. The van der Waals surface area contributed by atoms with Gasteiger partial charge in [0.25, 0.3) is 0 Å². The first-order chi connectivity index (χ1) is 9.51. The van der Waals surface area contributed by atoms with Crippen LogP contribution in [0.15, 0.2) is 36.4 Å². The van der Waals surface area contributed by atoms with Crippen LogP contribution in [0.1, 0.15) is 24.2 Å². The summed E-state index contributed by atoms with van der Waals surface area (Å²) >= 11 is 0. The molecule has 0 radical (unpaired) electrons. The van der Waals surface area contributed by atoms with Gasteiger partial charge in [0.2, 0.25) is 0 Å². The van der Waals surface area contributed by atoms with Crippen molar-refractivity contribution in [3.05, 3.63) is 42.0 Å². The summed E-state index contributed by atoms with van der Waals surface area (Å²) in [5.41, 5.74) is 0.493. The number of benzene rings is 2. The van der Waals surface area contributed by atoms with E-state index in [0.29, 0.717) is 11.3 Å². The number of hydrogen-bond acceptors (Lipinski definition) is 4. The summed E-state index contributed by atoms with van der Waals surface area (Å²) in [6, 6.07) is 10.5. The van der Waals surface area contributed by atoms with Crippen molar-refractivity contribution in [1.82, 2.24) is 0 Å². The van der Waals surface area contributed by atoms with Gasteiger partial charge in [0.05, 0.1) is 18.6 Å². The minimum atomic E-state index is -0.373. The van der Waals surface area contributed by atoms with Crippen molar-refractivity contribution in [3.8, 4) is 5.75 Å². The maximum atomic E-state index is 11.5. The molecule has 0 aliphatic rings. The molecule has 0 heterocycles. The molecule has 0 spiro atoms. The zero-order valence-electron chi connectivity index (χ0n) is 11.7. The highest BCUT2D eigenvalue weighted by Crippen LogP contribution is 2.23. The molecule has 4 nitrogen and oxygen atoms in total. The van der Waals surface area contributed by atoms with Gasteiger partial charge in [-0.15, -0.1) is 0 Å². The monoisotopic (exact) mass is 272 g/mol. The van der Waals surface area contributed by atoms with Crippen molar-refractivity contribution >= 4 is 22.7 Å². The summed E-state index contributed by atoms with van der Waals surface area (Å²) in [6.07, 6.45) is 0. The van der Waals surface area contributed by atoms with E-state index >= 15 is 0 Å². The van der Waals surface area contributed by atoms with E-state index in [2.05, 4.69) is 4.74 Å². The molecular formula is C16H16O4. The number of methoxy groups -OCH3 is 1. The van der Waals surface area contributed by atoms with Gasteiger partial charge in [-0.2, -0.15) is 0 Å². The van der Waals surface area contributed by atoms with Gasteiger partial charge in [-0.05, 0) is 35.0 Å². The average Bonchev–Trinajstić information content (AvgIpc) is 2.45. The molecule has 0 amide bonds. The quantitative estimate of drug-likeness (QED) is 0.636. The molecule has 0 saturated heterocycles. The molecule has 2 rings (SSSR count). The smallest absolute Gasteiger partial charge is 0.337 e. The lowest BCUT2D eigenvalue weighted by Gasteiger charge is -2.08. The molecule has 2 aromatic rings. The van der Waals surface area contributed by atoms with Gasteiger partial charge >= 0.3 is 11.9 Å². The van der Waals surface area contributed by atoms with Crippen LogP contribution in [-0.4, -0.2) is 19.0 Å². The number of rotatable bonds is 3. The Hall–Kier alpha value is -2.36. The van der Waals surface area contributed by atoms with Crippen molar-refractivity contribution in [2.75, 3.05) is 7.11 Å².